The van der Waals surface area contributed by atoms with Crippen LogP contribution in [0.15, 0.2) is 24.3 Å². The first-order valence-corrected chi connectivity index (χ1v) is 18.3. The molecule has 15 heteroatoms. The zero-order valence-electron chi connectivity index (χ0n) is 32.3. The largest absolute Gasteiger partial charge is 0.459 e. The van der Waals surface area contributed by atoms with Crippen molar-refractivity contribution >= 4 is 6.29 Å². The summed E-state index contributed by atoms with van der Waals surface area (Å²) in [6.45, 7) is 13.9. The summed E-state index contributed by atoms with van der Waals surface area (Å²) in [5, 5.41) is 0. The Labute approximate surface area is 313 Å². The van der Waals surface area contributed by atoms with Crippen molar-refractivity contribution in [2.24, 2.45) is 5.92 Å². The first-order valence-electron chi connectivity index (χ1n) is 18.3. The number of ether oxygens (including phenoxy) is 14. The lowest BCUT2D eigenvalue weighted by atomic mass is 10.0. The van der Waals surface area contributed by atoms with E-state index in [2.05, 4.69) is 18.4 Å². The number of hydrogen-bond donors (Lipinski definition) is 0. The van der Waals surface area contributed by atoms with Crippen molar-refractivity contribution in [1.29, 1.82) is 0 Å². The third kappa shape index (κ3) is 44.7. The molecule has 0 aliphatic rings. The van der Waals surface area contributed by atoms with Gasteiger partial charge in [-0.15, -0.1) is 0 Å². The summed E-state index contributed by atoms with van der Waals surface area (Å²) in [6.07, 6.45) is 12.8. The molecule has 0 spiro atoms. The van der Waals surface area contributed by atoms with E-state index in [9.17, 15) is 0 Å². The Morgan fingerprint density at radius 2 is 0.577 bits per heavy atom. The fraction of sp³-hybridized carbons (Fsp3) is 0.865. The Balaban J connectivity index is 3.43. The summed E-state index contributed by atoms with van der Waals surface area (Å²) >= 11 is 0. The van der Waals surface area contributed by atoms with Crippen LogP contribution in [0.25, 0.3) is 0 Å². The van der Waals surface area contributed by atoms with Crippen molar-refractivity contribution < 1.29 is 70.7 Å². The molecule has 0 heterocycles. The van der Waals surface area contributed by atoms with E-state index >= 15 is 0 Å². The van der Waals surface area contributed by atoms with Crippen molar-refractivity contribution in [3.05, 3.63) is 24.3 Å². The minimum absolute atomic E-state index is 0.148. The van der Waals surface area contributed by atoms with Crippen LogP contribution < -0.4 is 0 Å². The minimum atomic E-state index is 0.148. The lowest BCUT2D eigenvalue weighted by molar-refractivity contribution is -0.0182. The van der Waals surface area contributed by atoms with Crippen LogP contribution in [0.1, 0.15) is 12.8 Å². The average molecular weight is 755 g/mol. The molecule has 0 aromatic heterocycles. The van der Waals surface area contributed by atoms with E-state index in [4.69, 9.17) is 70.7 Å². The van der Waals surface area contributed by atoms with Gasteiger partial charge in [0.1, 0.15) is 0 Å². The lowest BCUT2D eigenvalue weighted by Gasteiger charge is -2.10. The maximum Gasteiger partial charge on any atom is 0.208 e. The van der Waals surface area contributed by atoms with Crippen LogP contribution >= 0.6 is 0 Å². The van der Waals surface area contributed by atoms with Crippen molar-refractivity contribution in [2.75, 3.05) is 193 Å². The van der Waals surface area contributed by atoms with E-state index in [1.165, 1.54) is 0 Å². The Kier molecular flexibility index (Phi) is 46.3. The molecule has 0 rings (SSSR count). The van der Waals surface area contributed by atoms with E-state index in [0.717, 1.165) is 12.8 Å². The molecule has 0 saturated heterocycles. The molecule has 0 N–H and O–H groups in total. The van der Waals surface area contributed by atoms with E-state index in [-0.39, 0.29) is 5.92 Å². The van der Waals surface area contributed by atoms with Crippen molar-refractivity contribution in [3.8, 4) is 0 Å². The molecular formula is C37H70O15. The monoisotopic (exact) mass is 754 g/mol. The molecule has 0 atom stereocenters. The molecule has 0 radical (unpaired) electrons. The van der Waals surface area contributed by atoms with Crippen molar-refractivity contribution in [1.82, 2.24) is 0 Å². The van der Waals surface area contributed by atoms with Crippen LogP contribution in [0.4, 0.5) is 0 Å². The number of allylic oxidation sites excluding steroid dienone is 2. The summed E-state index contributed by atoms with van der Waals surface area (Å²) in [7, 11) is 4.91. The number of carbonyl (C=O) groups excluding carboxylic acids is 1. The predicted octanol–water partition coefficient (Wildman–Crippen LogP) is 2.26. The molecule has 0 aliphatic heterocycles. The smallest absolute Gasteiger partial charge is 0.208 e. The molecule has 0 unspecified atom stereocenters. The third-order valence-corrected chi connectivity index (χ3v) is 6.47. The minimum Gasteiger partial charge on any atom is -0.459 e. The quantitative estimate of drug-likeness (QED) is 0.0389. The van der Waals surface area contributed by atoms with Gasteiger partial charge >= 0.3 is 0 Å². The molecule has 0 aliphatic carbocycles. The molecule has 0 fully saturated rings. The molecule has 0 amide bonds. The van der Waals surface area contributed by atoms with Crippen molar-refractivity contribution in [2.45, 2.75) is 12.8 Å². The first-order chi connectivity index (χ1) is 25.8. The second-order valence-electron chi connectivity index (χ2n) is 10.7. The maximum atomic E-state index is 5.60. The maximum absolute atomic E-state index is 5.60. The number of rotatable bonds is 45. The summed E-state index contributed by atoms with van der Waals surface area (Å²) in [5.41, 5.74) is 0. The van der Waals surface area contributed by atoms with Crippen LogP contribution in [-0.2, 0) is 70.7 Å². The SMILES string of the molecule is COCCOCCOCCOCCOCCOCCOC/C=C\CC([C-]=[O+]C)C/C=C\COCCOCCOCCOCCOCCOCCOC. The van der Waals surface area contributed by atoms with Gasteiger partial charge < -0.3 is 70.7 Å². The molecular weight excluding hydrogens is 684 g/mol. The van der Waals surface area contributed by atoms with Gasteiger partial charge in [-0.25, -0.2) is 0 Å². The number of methoxy groups -OCH3 is 2. The summed E-state index contributed by atoms with van der Waals surface area (Å²) < 4.78 is 80.5. The second kappa shape index (κ2) is 47.6. The predicted molar refractivity (Wildman–Crippen MR) is 196 cm³/mol. The standard InChI is InChI=1S/C37H70O15/c1-38-12-14-43-20-22-47-28-30-51-34-32-49-26-24-45-18-16-41-10-6-4-8-37(36-40-3)9-5-7-11-42-17-19-46-25-27-50-33-35-52-31-29-48-23-21-44-15-13-39-2/h4-7,37H,8-35H2,1-3H3/b6-4-,7-5-. The highest BCUT2D eigenvalue weighted by molar-refractivity contribution is 5.55. The lowest BCUT2D eigenvalue weighted by Crippen LogP contribution is -2.14. The third-order valence-electron chi connectivity index (χ3n) is 6.47. The molecule has 0 aromatic carbocycles. The van der Waals surface area contributed by atoms with Gasteiger partial charge in [-0.1, -0.05) is 43.1 Å². The van der Waals surface area contributed by atoms with Gasteiger partial charge in [-0.05, 0) is 6.29 Å². The van der Waals surface area contributed by atoms with Gasteiger partial charge in [0.05, 0.1) is 172 Å². The molecule has 0 saturated carbocycles. The number of hydrogen-bond acceptors (Lipinski definition) is 14. The van der Waals surface area contributed by atoms with Gasteiger partial charge in [0.15, 0.2) is 0 Å². The molecule has 52 heavy (non-hydrogen) atoms. The average Bonchev–Trinajstić information content (AvgIpc) is 3.15. The van der Waals surface area contributed by atoms with Gasteiger partial charge in [0.2, 0.25) is 7.11 Å². The van der Waals surface area contributed by atoms with Crippen LogP contribution in [-0.4, -0.2) is 199 Å². The second-order valence-corrected chi connectivity index (χ2v) is 10.7. The fourth-order valence-corrected chi connectivity index (χ4v) is 3.80. The first kappa shape index (κ1) is 50.6. The fourth-order valence-electron chi connectivity index (χ4n) is 3.80. The highest BCUT2D eigenvalue weighted by Gasteiger charge is 1.98. The van der Waals surface area contributed by atoms with E-state index in [0.29, 0.717) is 172 Å². The normalized spacial score (nSPS) is 12.2. The van der Waals surface area contributed by atoms with E-state index < -0.39 is 0 Å². The van der Waals surface area contributed by atoms with Crippen LogP contribution in [0.5, 0.6) is 0 Å². The molecule has 0 aromatic rings. The Hall–Kier alpha value is -1.41. The van der Waals surface area contributed by atoms with Gasteiger partial charge in [-0.2, -0.15) is 0 Å². The highest BCUT2D eigenvalue weighted by atomic mass is 16.6. The van der Waals surface area contributed by atoms with Gasteiger partial charge in [0, 0.05) is 14.2 Å². The van der Waals surface area contributed by atoms with E-state index in [1.54, 1.807) is 21.3 Å². The van der Waals surface area contributed by atoms with Crippen molar-refractivity contribution in [3.63, 3.8) is 0 Å². The molecule has 15 nitrogen and oxygen atoms in total. The van der Waals surface area contributed by atoms with Crippen LogP contribution in [0.2, 0.25) is 0 Å². The van der Waals surface area contributed by atoms with Gasteiger partial charge in [-0.3, -0.25) is 0 Å². The Morgan fingerprint density at radius 1 is 0.346 bits per heavy atom. The highest BCUT2D eigenvalue weighted by Crippen LogP contribution is 2.08. The zero-order chi connectivity index (χ0) is 37.5. The van der Waals surface area contributed by atoms with Gasteiger partial charge in [0.25, 0.3) is 0 Å². The molecule has 0 bridgehead atoms. The summed E-state index contributed by atoms with van der Waals surface area (Å²) in [5.74, 6) is 0.148. The Morgan fingerprint density at radius 3 is 0.808 bits per heavy atom. The molecule has 308 valence electrons. The summed E-state index contributed by atoms with van der Waals surface area (Å²) in [6, 6.07) is 0. The zero-order valence-corrected chi connectivity index (χ0v) is 32.3. The van der Waals surface area contributed by atoms with E-state index in [1.807, 2.05) is 12.2 Å². The summed E-state index contributed by atoms with van der Waals surface area (Å²) in [4.78, 5) is 0. The van der Waals surface area contributed by atoms with Crippen LogP contribution in [0, 0.1) is 5.92 Å². The topological polar surface area (TPSA) is 141 Å². The Bertz CT molecular complexity index is 688. The van der Waals surface area contributed by atoms with Crippen LogP contribution in [0.3, 0.4) is 0 Å².